The Labute approximate surface area is 238 Å². The van der Waals surface area contributed by atoms with Crippen molar-refractivity contribution in [3.8, 4) is 0 Å². The zero-order valence-electron chi connectivity index (χ0n) is 22.5. The van der Waals surface area contributed by atoms with Gasteiger partial charge in [-0.3, -0.25) is 9.10 Å². The highest BCUT2D eigenvalue weighted by atomic mass is 32.2. The molecule has 0 aliphatic carbocycles. The van der Waals surface area contributed by atoms with Crippen LogP contribution in [-0.2, 0) is 32.5 Å². The molecule has 1 aliphatic heterocycles. The fourth-order valence-electron chi connectivity index (χ4n) is 5.54. The number of hydrogen-bond donors (Lipinski definition) is 1. The Morgan fingerprint density at radius 3 is 2.51 bits per heavy atom. The molecule has 0 bridgehead atoms. The summed E-state index contributed by atoms with van der Waals surface area (Å²) in [6, 6.07) is 27.0. The van der Waals surface area contributed by atoms with Gasteiger partial charge in [0.1, 0.15) is 0 Å². The van der Waals surface area contributed by atoms with Gasteiger partial charge in [0.15, 0.2) is 6.61 Å². The predicted octanol–water partition coefficient (Wildman–Crippen LogP) is 5.75. The normalized spacial score (nSPS) is 13.2. The van der Waals surface area contributed by atoms with E-state index in [0.29, 0.717) is 24.3 Å². The largest absolute Gasteiger partial charge is 0.452 e. The smallest absolute Gasteiger partial charge is 0.338 e. The first-order valence-electron chi connectivity index (χ1n) is 13.6. The van der Waals surface area contributed by atoms with E-state index in [9.17, 15) is 18.0 Å². The number of anilines is 2. The van der Waals surface area contributed by atoms with Crippen LogP contribution in [0.25, 0.3) is 21.8 Å². The number of esters is 1. The maximum absolute atomic E-state index is 13.5. The summed E-state index contributed by atoms with van der Waals surface area (Å²) in [6.07, 6.45) is 1.52. The average molecular weight is 568 g/mol. The van der Waals surface area contributed by atoms with Gasteiger partial charge >= 0.3 is 5.97 Å². The molecule has 6 rings (SSSR count). The second-order valence-corrected chi connectivity index (χ2v) is 11.8. The summed E-state index contributed by atoms with van der Waals surface area (Å²) in [7, 11) is -3.89. The average Bonchev–Trinajstić information content (AvgIpc) is 3.32. The zero-order valence-corrected chi connectivity index (χ0v) is 23.4. The first-order valence-corrected chi connectivity index (χ1v) is 15.0. The third-order valence-electron chi connectivity index (χ3n) is 7.43. The van der Waals surface area contributed by atoms with Gasteiger partial charge in [-0.2, -0.15) is 0 Å². The van der Waals surface area contributed by atoms with E-state index in [1.807, 2.05) is 48.5 Å². The lowest BCUT2D eigenvalue weighted by atomic mass is 10.0. The monoisotopic (exact) mass is 567 g/mol. The molecule has 4 aromatic carbocycles. The van der Waals surface area contributed by atoms with E-state index < -0.39 is 28.5 Å². The van der Waals surface area contributed by atoms with E-state index in [0.717, 1.165) is 40.3 Å². The maximum atomic E-state index is 13.5. The third kappa shape index (κ3) is 4.93. The second-order valence-electron chi connectivity index (χ2n) is 9.95. The molecular formula is C32H29N3O5S. The van der Waals surface area contributed by atoms with Crippen LogP contribution in [0.15, 0.2) is 95.9 Å². The first kappa shape index (κ1) is 26.6. The number of carbonyl (C=O) groups is 2. The summed E-state index contributed by atoms with van der Waals surface area (Å²) < 4.78 is 35.8. The number of carbonyl (C=O) groups excluding carboxylic acids is 2. The molecule has 208 valence electrons. The van der Waals surface area contributed by atoms with Crippen molar-refractivity contribution in [1.82, 2.24) is 4.57 Å². The molecule has 0 unspecified atom stereocenters. The molecule has 0 radical (unpaired) electrons. The number of ether oxygens (including phenoxy) is 1. The minimum absolute atomic E-state index is 0.00681. The SMILES string of the molecule is CCn1c2ccccc2c2cc(NC(=O)COC(=O)c3cccc(S(=O)(=O)N4CCCc5ccccc54)c3)ccc21. The quantitative estimate of drug-likeness (QED) is 0.253. The molecule has 0 fully saturated rings. The summed E-state index contributed by atoms with van der Waals surface area (Å²) in [5, 5.41) is 4.91. The number of para-hydroxylation sites is 2. The second kappa shape index (κ2) is 10.7. The van der Waals surface area contributed by atoms with Gasteiger partial charge in [-0.1, -0.05) is 42.5 Å². The van der Waals surface area contributed by atoms with Crippen LogP contribution in [0.1, 0.15) is 29.3 Å². The number of hydrogen-bond acceptors (Lipinski definition) is 5. The minimum atomic E-state index is -3.89. The molecule has 1 amide bonds. The number of nitrogens with zero attached hydrogens (tertiary/aromatic N) is 2. The van der Waals surface area contributed by atoms with Crippen molar-refractivity contribution in [2.24, 2.45) is 0 Å². The minimum Gasteiger partial charge on any atom is -0.452 e. The maximum Gasteiger partial charge on any atom is 0.338 e. The summed E-state index contributed by atoms with van der Waals surface area (Å²) in [4.78, 5) is 25.5. The van der Waals surface area contributed by atoms with Crippen molar-refractivity contribution in [3.63, 3.8) is 0 Å². The molecular weight excluding hydrogens is 538 g/mol. The van der Waals surface area contributed by atoms with Gasteiger partial charge in [0.2, 0.25) is 0 Å². The van der Waals surface area contributed by atoms with Gasteiger partial charge in [-0.05, 0) is 73.9 Å². The highest BCUT2D eigenvalue weighted by molar-refractivity contribution is 7.92. The van der Waals surface area contributed by atoms with E-state index in [-0.39, 0.29) is 10.5 Å². The lowest BCUT2D eigenvalue weighted by Crippen LogP contribution is -2.35. The number of aryl methyl sites for hydroxylation is 2. The van der Waals surface area contributed by atoms with Crippen LogP contribution in [0.4, 0.5) is 11.4 Å². The number of nitrogens with one attached hydrogen (secondary N) is 1. The summed E-state index contributed by atoms with van der Waals surface area (Å²) >= 11 is 0. The number of amides is 1. The van der Waals surface area contributed by atoms with Gasteiger partial charge in [-0.15, -0.1) is 0 Å². The van der Waals surface area contributed by atoms with Crippen LogP contribution in [0.2, 0.25) is 0 Å². The van der Waals surface area contributed by atoms with Crippen molar-refractivity contribution in [2.45, 2.75) is 31.2 Å². The third-order valence-corrected chi connectivity index (χ3v) is 9.24. The topological polar surface area (TPSA) is 97.7 Å². The number of sulfonamides is 1. The molecule has 2 heterocycles. The predicted molar refractivity (Wildman–Crippen MR) is 160 cm³/mol. The van der Waals surface area contributed by atoms with Gasteiger partial charge in [-0.25, -0.2) is 13.2 Å². The van der Waals surface area contributed by atoms with Gasteiger partial charge in [0, 0.05) is 40.6 Å². The molecule has 8 nitrogen and oxygen atoms in total. The lowest BCUT2D eigenvalue weighted by molar-refractivity contribution is -0.119. The number of benzene rings is 4. The molecule has 0 saturated carbocycles. The van der Waals surface area contributed by atoms with Gasteiger partial charge in [0.05, 0.1) is 16.1 Å². The standard InChI is InChI=1S/C32H29N3O5S/c1-2-34-29-15-6-4-13-26(29)27-20-24(16-17-30(27)34)33-31(36)21-40-32(37)23-10-7-12-25(19-23)41(38,39)35-18-8-11-22-9-3-5-14-28(22)35/h3-7,9-10,12-17,19-20H,2,8,11,18,21H2,1H3,(H,33,36). The molecule has 1 aromatic heterocycles. The zero-order chi connectivity index (χ0) is 28.6. The fraction of sp³-hybridized carbons (Fsp3) is 0.188. The Hall–Kier alpha value is -4.63. The molecule has 0 saturated heterocycles. The van der Waals surface area contributed by atoms with E-state index in [2.05, 4.69) is 28.9 Å². The van der Waals surface area contributed by atoms with Crippen LogP contribution < -0.4 is 9.62 Å². The van der Waals surface area contributed by atoms with Crippen LogP contribution in [0.5, 0.6) is 0 Å². The van der Waals surface area contributed by atoms with Gasteiger partial charge in [0.25, 0.3) is 15.9 Å². The lowest BCUT2D eigenvalue weighted by Gasteiger charge is -2.30. The number of rotatable bonds is 7. The number of aromatic nitrogens is 1. The highest BCUT2D eigenvalue weighted by Crippen LogP contribution is 2.33. The van der Waals surface area contributed by atoms with Crippen molar-refractivity contribution in [3.05, 3.63) is 102 Å². The Morgan fingerprint density at radius 1 is 0.878 bits per heavy atom. The van der Waals surface area contributed by atoms with E-state index in [1.54, 1.807) is 6.07 Å². The van der Waals surface area contributed by atoms with Crippen molar-refractivity contribution in [2.75, 3.05) is 22.8 Å². The van der Waals surface area contributed by atoms with Crippen molar-refractivity contribution >= 4 is 55.1 Å². The molecule has 1 aliphatic rings. The summed E-state index contributed by atoms with van der Waals surface area (Å²) in [6.45, 7) is 2.76. The molecule has 1 N–H and O–H groups in total. The summed E-state index contributed by atoms with van der Waals surface area (Å²) in [5.41, 5.74) is 4.46. The van der Waals surface area contributed by atoms with E-state index in [1.165, 1.54) is 28.6 Å². The van der Waals surface area contributed by atoms with E-state index >= 15 is 0 Å². The van der Waals surface area contributed by atoms with Crippen LogP contribution in [0.3, 0.4) is 0 Å². The van der Waals surface area contributed by atoms with Crippen LogP contribution in [-0.4, -0.2) is 38.0 Å². The van der Waals surface area contributed by atoms with Crippen molar-refractivity contribution < 1.29 is 22.7 Å². The Morgan fingerprint density at radius 2 is 1.66 bits per heavy atom. The van der Waals surface area contributed by atoms with Crippen LogP contribution >= 0.6 is 0 Å². The molecule has 9 heteroatoms. The molecule has 0 spiro atoms. The highest BCUT2D eigenvalue weighted by Gasteiger charge is 2.29. The Balaban J connectivity index is 1.15. The molecule has 41 heavy (non-hydrogen) atoms. The van der Waals surface area contributed by atoms with Crippen molar-refractivity contribution in [1.29, 1.82) is 0 Å². The fourth-order valence-corrected chi connectivity index (χ4v) is 7.13. The summed E-state index contributed by atoms with van der Waals surface area (Å²) in [5.74, 6) is -1.27. The molecule has 5 aromatic rings. The number of fused-ring (bicyclic) bond motifs is 4. The first-order chi connectivity index (χ1) is 19.9. The Bertz CT molecular complexity index is 1910. The van der Waals surface area contributed by atoms with Gasteiger partial charge < -0.3 is 14.6 Å². The van der Waals surface area contributed by atoms with E-state index in [4.69, 9.17) is 4.74 Å². The van der Waals surface area contributed by atoms with Crippen LogP contribution in [0, 0.1) is 0 Å². The molecule has 0 atom stereocenters. The Kier molecular flexibility index (Phi) is 6.96.